The number of fused-ring (bicyclic) bond motifs is 1. The van der Waals surface area contributed by atoms with Crippen molar-refractivity contribution in [3.8, 4) is 0 Å². The monoisotopic (exact) mass is 463 g/mol. The number of hydrogen-bond acceptors (Lipinski definition) is 6. The Morgan fingerprint density at radius 3 is 2.88 bits per heavy atom. The van der Waals surface area contributed by atoms with Gasteiger partial charge in [-0.1, -0.05) is 33.1 Å². The molecule has 2 aromatic rings. The predicted molar refractivity (Wildman–Crippen MR) is 137 cm³/mol. The number of anilines is 2. The first kappa shape index (κ1) is 23.9. The molecule has 2 aliphatic rings. The standard InChI is InChI=1S/C26H34FN7/c1-6-8-21-13-26-33(16-18(3)30-25-10-9-20(27)14-29-25)24(7-2)23(19(4)34(26)31-21)17-32(5)22-11-12-28-15-22/h7,9-10,13-14,22,28H,2-4,6,8,11-12,15-17H2,1,5H3,(H,29,30). The lowest BCUT2D eigenvalue weighted by Crippen LogP contribution is -2.39. The third-order valence-corrected chi connectivity index (χ3v) is 6.37. The van der Waals surface area contributed by atoms with Gasteiger partial charge in [0, 0.05) is 42.2 Å². The molecule has 4 heterocycles. The van der Waals surface area contributed by atoms with Gasteiger partial charge in [-0.15, -0.1) is 0 Å². The molecule has 180 valence electrons. The SMILES string of the molecule is C=CC1=C(CN(C)C2CCNC2)C(=C)n2nc(CCC)cc2N1CC(=C)Nc1ccc(F)cn1. The Morgan fingerprint density at radius 2 is 2.24 bits per heavy atom. The van der Waals surface area contributed by atoms with Crippen LogP contribution >= 0.6 is 0 Å². The van der Waals surface area contributed by atoms with Crippen LogP contribution in [0.4, 0.5) is 16.0 Å². The van der Waals surface area contributed by atoms with Crippen LogP contribution in [0.1, 0.15) is 25.5 Å². The average Bonchev–Trinajstić information content (AvgIpc) is 3.49. The van der Waals surface area contributed by atoms with Gasteiger partial charge in [0.15, 0.2) is 0 Å². The Hall–Kier alpha value is -3.23. The molecule has 0 spiro atoms. The summed E-state index contributed by atoms with van der Waals surface area (Å²) in [5, 5.41) is 11.5. The fourth-order valence-corrected chi connectivity index (χ4v) is 4.58. The van der Waals surface area contributed by atoms with E-state index < -0.39 is 0 Å². The van der Waals surface area contributed by atoms with Crippen LogP contribution in [0.2, 0.25) is 0 Å². The van der Waals surface area contributed by atoms with Gasteiger partial charge in [-0.2, -0.15) is 5.10 Å². The summed E-state index contributed by atoms with van der Waals surface area (Å²) in [5.41, 5.74) is 4.72. The Labute approximate surface area is 201 Å². The maximum absolute atomic E-state index is 13.3. The van der Waals surface area contributed by atoms with Gasteiger partial charge >= 0.3 is 0 Å². The van der Waals surface area contributed by atoms with Crippen LogP contribution in [-0.2, 0) is 6.42 Å². The highest BCUT2D eigenvalue weighted by Crippen LogP contribution is 2.36. The first-order chi connectivity index (χ1) is 16.4. The second-order valence-electron chi connectivity index (χ2n) is 8.91. The molecule has 7 nitrogen and oxygen atoms in total. The minimum Gasteiger partial charge on any atom is -0.343 e. The number of nitrogens with zero attached hydrogens (tertiary/aromatic N) is 5. The van der Waals surface area contributed by atoms with Gasteiger partial charge in [-0.05, 0) is 44.6 Å². The zero-order valence-corrected chi connectivity index (χ0v) is 20.1. The zero-order valence-electron chi connectivity index (χ0n) is 20.1. The largest absolute Gasteiger partial charge is 0.343 e. The zero-order chi connectivity index (χ0) is 24.2. The molecule has 2 N–H and O–H groups in total. The molecular formula is C26H34FN7. The van der Waals surface area contributed by atoms with Gasteiger partial charge in [0.25, 0.3) is 0 Å². The Bertz CT molecular complexity index is 1090. The second-order valence-corrected chi connectivity index (χ2v) is 8.91. The number of hydrogen-bond donors (Lipinski definition) is 2. The van der Waals surface area contributed by atoms with Crippen LogP contribution in [0.5, 0.6) is 0 Å². The molecule has 0 radical (unpaired) electrons. The van der Waals surface area contributed by atoms with Gasteiger partial charge in [-0.3, -0.25) is 4.90 Å². The number of allylic oxidation sites excluding steroid dienone is 1. The number of halogens is 1. The first-order valence-corrected chi connectivity index (χ1v) is 11.8. The van der Waals surface area contributed by atoms with E-state index >= 15 is 0 Å². The quantitative estimate of drug-likeness (QED) is 0.555. The van der Waals surface area contributed by atoms with E-state index in [0.717, 1.165) is 73.1 Å². The molecule has 0 saturated carbocycles. The molecule has 0 bridgehead atoms. The summed E-state index contributed by atoms with van der Waals surface area (Å²) in [6.45, 7) is 18.2. The molecule has 1 saturated heterocycles. The Morgan fingerprint density at radius 1 is 1.41 bits per heavy atom. The third-order valence-electron chi connectivity index (χ3n) is 6.37. The molecular weight excluding hydrogens is 429 g/mol. The van der Waals surface area contributed by atoms with Gasteiger partial charge in [0.05, 0.1) is 24.1 Å². The van der Waals surface area contributed by atoms with Gasteiger partial charge < -0.3 is 15.5 Å². The fourth-order valence-electron chi connectivity index (χ4n) is 4.58. The highest BCUT2D eigenvalue weighted by molar-refractivity contribution is 5.77. The summed E-state index contributed by atoms with van der Waals surface area (Å²) in [5.74, 6) is 1.11. The number of aryl methyl sites for hydroxylation is 1. The van der Waals surface area contributed by atoms with Gasteiger partial charge in [0.2, 0.25) is 0 Å². The van der Waals surface area contributed by atoms with E-state index in [2.05, 4.69) is 65.2 Å². The second kappa shape index (κ2) is 10.4. The summed E-state index contributed by atoms with van der Waals surface area (Å²) in [6, 6.07) is 5.57. The molecule has 0 aliphatic carbocycles. The smallest absolute Gasteiger partial charge is 0.141 e. The minimum atomic E-state index is -0.374. The summed E-state index contributed by atoms with van der Waals surface area (Å²) in [7, 11) is 2.16. The lowest BCUT2D eigenvalue weighted by molar-refractivity contribution is 0.279. The van der Waals surface area contributed by atoms with Crippen LogP contribution < -0.4 is 15.5 Å². The van der Waals surface area contributed by atoms with Crippen molar-refractivity contribution in [3.63, 3.8) is 0 Å². The van der Waals surface area contributed by atoms with E-state index in [1.165, 1.54) is 12.3 Å². The molecule has 2 aliphatic heterocycles. The van der Waals surface area contributed by atoms with Crippen molar-refractivity contribution in [1.82, 2.24) is 25.0 Å². The van der Waals surface area contributed by atoms with E-state index in [9.17, 15) is 4.39 Å². The van der Waals surface area contributed by atoms with Crippen LogP contribution in [0.25, 0.3) is 5.70 Å². The molecule has 0 aromatic carbocycles. The maximum atomic E-state index is 13.3. The molecule has 34 heavy (non-hydrogen) atoms. The summed E-state index contributed by atoms with van der Waals surface area (Å²) in [6.07, 6.45) is 6.11. The lowest BCUT2D eigenvalue weighted by Gasteiger charge is -2.36. The fraction of sp³-hybridized carbons (Fsp3) is 0.385. The van der Waals surface area contributed by atoms with E-state index in [1.807, 2.05) is 10.8 Å². The van der Waals surface area contributed by atoms with Crippen molar-refractivity contribution in [3.05, 3.63) is 78.7 Å². The van der Waals surface area contributed by atoms with Gasteiger partial charge in [-0.25, -0.2) is 14.1 Å². The van der Waals surface area contributed by atoms with Crippen molar-refractivity contribution >= 4 is 17.3 Å². The highest BCUT2D eigenvalue weighted by Gasteiger charge is 2.30. The maximum Gasteiger partial charge on any atom is 0.141 e. The van der Waals surface area contributed by atoms with Crippen molar-refractivity contribution in [2.24, 2.45) is 0 Å². The Balaban J connectivity index is 1.65. The third kappa shape index (κ3) is 4.98. The van der Waals surface area contributed by atoms with Crippen LogP contribution in [-0.4, -0.2) is 58.9 Å². The van der Waals surface area contributed by atoms with Crippen molar-refractivity contribution in [2.75, 3.05) is 43.4 Å². The number of likely N-dealkylation sites (N-methyl/N-ethyl adjacent to an activating group) is 1. The van der Waals surface area contributed by atoms with E-state index in [0.29, 0.717) is 18.4 Å². The predicted octanol–water partition coefficient (Wildman–Crippen LogP) is 4.02. The molecule has 4 rings (SSSR count). The molecule has 8 heteroatoms. The summed E-state index contributed by atoms with van der Waals surface area (Å²) < 4.78 is 15.2. The highest BCUT2D eigenvalue weighted by atomic mass is 19.1. The van der Waals surface area contributed by atoms with Gasteiger partial charge in [0.1, 0.15) is 17.5 Å². The average molecular weight is 464 g/mol. The van der Waals surface area contributed by atoms with E-state index in [4.69, 9.17) is 5.10 Å². The molecule has 2 aromatic heterocycles. The normalized spacial score (nSPS) is 17.9. The van der Waals surface area contributed by atoms with Crippen LogP contribution in [0.3, 0.4) is 0 Å². The van der Waals surface area contributed by atoms with E-state index in [1.54, 1.807) is 6.07 Å². The van der Waals surface area contributed by atoms with E-state index in [-0.39, 0.29) is 5.82 Å². The number of rotatable bonds is 10. The number of aromatic nitrogens is 3. The molecule has 0 amide bonds. The lowest BCUT2D eigenvalue weighted by atomic mass is 10.0. The minimum absolute atomic E-state index is 0.374. The summed E-state index contributed by atoms with van der Waals surface area (Å²) >= 11 is 0. The molecule has 1 atom stereocenters. The number of nitrogens with one attached hydrogen (secondary N) is 2. The first-order valence-electron chi connectivity index (χ1n) is 11.8. The van der Waals surface area contributed by atoms with Crippen molar-refractivity contribution < 1.29 is 4.39 Å². The number of pyridine rings is 1. The Kier molecular flexibility index (Phi) is 7.29. The molecule has 1 fully saturated rings. The van der Waals surface area contributed by atoms with Crippen LogP contribution in [0, 0.1) is 5.82 Å². The van der Waals surface area contributed by atoms with Crippen molar-refractivity contribution in [1.29, 1.82) is 0 Å². The molecule has 1 unspecified atom stereocenters. The van der Waals surface area contributed by atoms with Crippen molar-refractivity contribution in [2.45, 2.75) is 32.2 Å². The summed E-state index contributed by atoms with van der Waals surface area (Å²) in [4.78, 5) is 8.64. The topological polar surface area (TPSA) is 61.3 Å². The van der Waals surface area contributed by atoms with Crippen LogP contribution in [0.15, 0.2) is 67.2 Å².